The van der Waals surface area contributed by atoms with Crippen molar-refractivity contribution < 1.29 is 28.9 Å². The first-order valence-electron chi connectivity index (χ1n) is 11.7. The summed E-state index contributed by atoms with van der Waals surface area (Å²) in [5, 5.41) is 9.04. The second-order valence-electron chi connectivity index (χ2n) is 8.81. The molecule has 1 N–H and O–H groups in total. The topological polar surface area (TPSA) is 116 Å². The number of carbonyl (C=O) groups is 2. The van der Waals surface area contributed by atoms with Crippen LogP contribution < -0.4 is 24.4 Å². The van der Waals surface area contributed by atoms with Crippen molar-refractivity contribution >= 4 is 52.6 Å². The summed E-state index contributed by atoms with van der Waals surface area (Å²) in [6.45, 7) is 4.60. The lowest BCUT2D eigenvalue weighted by atomic mass is 9.96. The zero-order chi connectivity index (χ0) is 28.4. The number of carboxylic acid groups (broad SMARTS) is 1. The molecule has 0 radical (unpaired) electrons. The van der Waals surface area contributed by atoms with Crippen molar-refractivity contribution in [1.29, 1.82) is 0 Å². The molecule has 0 fully saturated rings. The predicted molar refractivity (Wildman–Crippen MR) is 148 cm³/mol. The Hall–Kier alpha value is -3.60. The van der Waals surface area contributed by atoms with Gasteiger partial charge in [0, 0.05) is 0 Å². The van der Waals surface area contributed by atoms with Gasteiger partial charge in [-0.1, -0.05) is 46.7 Å². The largest absolute Gasteiger partial charge is 0.497 e. The summed E-state index contributed by atoms with van der Waals surface area (Å²) < 4.78 is 17.7. The van der Waals surface area contributed by atoms with Crippen molar-refractivity contribution in [2.75, 3.05) is 13.7 Å². The molecule has 0 amide bonds. The maximum Gasteiger partial charge on any atom is 0.341 e. The van der Waals surface area contributed by atoms with Crippen LogP contribution in [0.5, 0.6) is 11.5 Å². The first-order valence-corrected chi connectivity index (χ1v) is 13.3. The Morgan fingerprint density at radius 2 is 1.82 bits per heavy atom. The fourth-order valence-electron chi connectivity index (χ4n) is 4.05. The maximum atomic E-state index is 13.8. The standard InChI is InChI=1S/C27H24Cl2N2O7S/c1-13(2)38-26(35)22-14(3)30-27-31(23(22)16-5-7-17(36-4)8-6-16)25(34)20(39-27)11-15-9-18(28)24(19(29)10-15)37-12-21(32)33/h5-11,13,23H,12H2,1-4H3,(H,32,33)/b20-11-/t23-/m1/s1. The van der Waals surface area contributed by atoms with Gasteiger partial charge >= 0.3 is 11.9 Å². The zero-order valence-electron chi connectivity index (χ0n) is 21.4. The third kappa shape index (κ3) is 6.03. The molecule has 0 bridgehead atoms. The SMILES string of the molecule is COc1ccc([C@@H]2C(C(=O)OC(C)C)=C(C)N=c3s/c(=C\c4cc(Cl)c(OCC(=O)O)c(Cl)c4)c(=O)n32)cc1. The number of fused-ring (bicyclic) bond motifs is 1. The molecule has 4 rings (SSSR count). The van der Waals surface area contributed by atoms with Crippen LogP contribution in [0.25, 0.3) is 6.08 Å². The van der Waals surface area contributed by atoms with Crippen LogP contribution in [0.2, 0.25) is 10.0 Å². The molecule has 1 aliphatic rings. The number of ether oxygens (including phenoxy) is 3. The average Bonchev–Trinajstić information content (AvgIpc) is 3.16. The Balaban J connectivity index is 1.86. The third-order valence-electron chi connectivity index (χ3n) is 5.67. The van der Waals surface area contributed by atoms with Gasteiger partial charge in [-0.15, -0.1) is 0 Å². The third-order valence-corrected chi connectivity index (χ3v) is 7.22. The number of nitrogens with zero attached hydrogens (tertiary/aromatic N) is 2. The number of halogens is 2. The number of benzene rings is 2. The summed E-state index contributed by atoms with van der Waals surface area (Å²) >= 11 is 13.7. The molecule has 0 unspecified atom stereocenters. The average molecular weight is 591 g/mol. The van der Waals surface area contributed by atoms with Gasteiger partial charge in [-0.05, 0) is 62.2 Å². The zero-order valence-corrected chi connectivity index (χ0v) is 23.7. The van der Waals surface area contributed by atoms with Crippen LogP contribution >= 0.6 is 34.5 Å². The maximum absolute atomic E-state index is 13.8. The van der Waals surface area contributed by atoms with Crippen LogP contribution in [0.15, 0.2) is 57.5 Å². The normalized spacial score (nSPS) is 15.2. The molecule has 0 saturated carbocycles. The van der Waals surface area contributed by atoms with Gasteiger partial charge in [0.1, 0.15) is 5.75 Å². The lowest BCUT2D eigenvalue weighted by molar-refractivity contribution is -0.143. The smallest absolute Gasteiger partial charge is 0.341 e. The summed E-state index contributed by atoms with van der Waals surface area (Å²) in [5.41, 5.74) is 1.51. The molecular formula is C27H24Cl2N2O7S. The molecule has 12 heteroatoms. The number of hydrogen-bond acceptors (Lipinski definition) is 8. The van der Waals surface area contributed by atoms with Crippen molar-refractivity contribution in [3.05, 3.63) is 88.5 Å². The second kappa shape index (κ2) is 11.6. The summed E-state index contributed by atoms with van der Waals surface area (Å²) in [6, 6.07) is 9.34. The summed E-state index contributed by atoms with van der Waals surface area (Å²) in [6.07, 6.45) is 1.23. The highest BCUT2D eigenvalue weighted by Crippen LogP contribution is 2.35. The van der Waals surface area contributed by atoms with Crippen LogP contribution in [0, 0.1) is 0 Å². The summed E-state index contributed by atoms with van der Waals surface area (Å²) in [5.74, 6) is -1.08. The van der Waals surface area contributed by atoms with Crippen molar-refractivity contribution in [3.8, 4) is 11.5 Å². The van der Waals surface area contributed by atoms with Gasteiger partial charge in [0.2, 0.25) is 0 Å². The minimum Gasteiger partial charge on any atom is -0.497 e. The molecule has 0 saturated heterocycles. The van der Waals surface area contributed by atoms with E-state index in [0.29, 0.717) is 31.9 Å². The van der Waals surface area contributed by atoms with E-state index >= 15 is 0 Å². The monoisotopic (exact) mass is 590 g/mol. The van der Waals surface area contributed by atoms with Gasteiger partial charge < -0.3 is 19.3 Å². The highest BCUT2D eigenvalue weighted by Gasteiger charge is 2.33. The van der Waals surface area contributed by atoms with Gasteiger partial charge in [0.15, 0.2) is 17.2 Å². The van der Waals surface area contributed by atoms with E-state index in [1.165, 1.54) is 16.7 Å². The quantitative estimate of drug-likeness (QED) is 0.394. The number of aliphatic carboxylic acids is 1. The molecular weight excluding hydrogens is 567 g/mol. The molecule has 1 aromatic heterocycles. The number of carboxylic acids is 1. The van der Waals surface area contributed by atoms with E-state index in [2.05, 4.69) is 4.99 Å². The fraction of sp³-hybridized carbons (Fsp3) is 0.259. The number of thiazole rings is 1. The van der Waals surface area contributed by atoms with Crippen molar-refractivity contribution in [3.63, 3.8) is 0 Å². The van der Waals surface area contributed by atoms with E-state index in [1.807, 2.05) is 0 Å². The Morgan fingerprint density at radius 3 is 2.38 bits per heavy atom. The molecule has 0 aliphatic carbocycles. The van der Waals surface area contributed by atoms with Crippen molar-refractivity contribution in [2.45, 2.75) is 32.9 Å². The molecule has 2 heterocycles. The van der Waals surface area contributed by atoms with E-state index in [-0.39, 0.29) is 33.0 Å². The van der Waals surface area contributed by atoms with Crippen LogP contribution in [-0.4, -0.2) is 41.4 Å². The first-order chi connectivity index (χ1) is 18.5. The van der Waals surface area contributed by atoms with Gasteiger partial charge in [-0.3, -0.25) is 9.36 Å². The molecule has 204 valence electrons. The van der Waals surface area contributed by atoms with Gasteiger partial charge in [0.25, 0.3) is 5.56 Å². The molecule has 1 aliphatic heterocycles. The first kappa shape index (κ1) is 28.4. The number of methoxy groups -OCH3 is 1. The minimum absolute atomic E-state index is 0.0304. The van der Waals surface area contributed by atoms with E-state index in [0.717, 1.165) is 11.3 Å². The summed E-state index contributed by atoms with van der Waals surface area (Å²) in [4.78, 5) is 42.8. The second-order valence-corrected chi connectivity index (χ2v) is 10.6. The van der Waals surface area contributed by atoms with E-state index in [9.17, 15) is 14.4 Å². The van der Waals surface area contributed by atoms with Gasteiger partial charge in [-0.25, -0.2) is 14.6 Å². The van der Waals surface area contributed by atoms with Crippen LogP contribution in [0.1, 0.15) is 37.9 Å². The molecule has 9 nitrogen and oxygen atoms in total. The highest BCUT2D eigenvalue weighted by molar-refractivity contribution is 7.07. The molecule has 0 spiro atoms. The lowest BCUT2D eigenvalue weighted by Gasteiger charge is -2.25. The number of aromatic nitrogens is 1. The van der Waals surface area contributed by atoms with Gasteiger partial charge in [0.05, 0.1) is 45.1 Å². The highest BCUT2D eigenvalue weighted by atomic mass is 35.5. The Kier molecular flexibility index (Phi) is 8.48. The number of esters is 1. The molecule has 2 aromatic carbocycles. The van der Waals surface area contributed by atoms with Crippen molar-refractivity contribution in [1.82, 2.24) is 4.57 Å². The number of carbonyl (C=O) groups excluding carboxylic acids is 1. The summed E-state index contributed by atoms with van der Waals surface area (Å²) in [7, 11) is 1.55. The number of allylic oxidation sites excluding steroid dienone is 1. The van der Waals surface area contributed by atoms with Crippen LogP contribution in [-0.2, 0) is 14.3 Å². The van der Waals surface area contributed by atoms with Crippen molar-refractivity contribution in [2.24, 2.45) is 4.99 Å². The minimum atomic E-state index is -1.18. The van der Waals surface area contributed by atoms with E-state index < -0.39 is 24.6 Å². The fourth-order valence-corrected chi connectivity index (χ4v) is 5.71. The number of rotatable bonds is 8. The Labute approximate surface area is 237 Å². The van der Waals surface area contributed by atoms with Crippen LogP contribution in [0.3, 0.4) is 0 Å². The lowest BCUT2D eigenvalue weighted by Crippen LogP contribution is -2.40. The molecule has 3 aromatic rings. The van der Waals surface area contributed by atoms with Gasteiger partial charge in [-0.2, -0.15) is 0 Å². The predicted octanol–water partition coefficient (Wildman–Crippen LogP) is 3.97. The molecule has 1 atom stereocenters. The van der Waals surface area contributed by atoms with E-state index in [1.54, 1.807) is 58.2 Å². The van der Waals surface area contributed by atoms with Crippen LogP contribution in [0.4, 0.5) is 0 Å². The Morgan fingerprint density at radius 1 is 1.18 bits per heavy atom. The Bertz CT molecular complexity index is 1630. The number of hydrogen-bond donors (Lipinski definition) is 1. The molecule has 39 heavy (non-hydrogen) atoms. The van der Waals surface area contributed by atoms with E-state index in [4.69, 9.17) is 42.5 Å².